The number of ether oxygens (including phenoxy) is 1. The van der Waals surface area contributed by atoms with Gasteiger partial charge in [0.05, 0.1) is 11.4 Å². The number of para-hydroxylation sites is 1. The molecule has 0 aliphatic rings. The van der Waals surface area contributed by atoms with Gasteiger partial charge in [-0.05, 0) is 44.2 Å². The highest BCUT2D eigenvalue weighted by atomic mass is 79.9. The number of aromatic nitrogens is 2. The Morgan fingerprint density at radius 3 is 2.74 bits per heavy atom. The van der Waals surface area contributed by atoms with Crippen LogP contribution in [-0.4, -0.2) is 28.9 Å². The first-order valence-electron chi connectivity index (χ1n) is 8.36. The number of rotatable bonds is 6. The number of hydrogen-bond donors (Lipinski definition) is 2. The minimum Gasteiger partial charge on any atom is -0.483 e. The molecule has 3 aromatic rings. The van der Waals surface area contributed by atoms with Crippen molar-refractivity contribution in [1.82, 2.24) is 10.2 Å². The highest BCUT2D eigenvalue weighted by molar-refractivity contribution is 9.10. The number of carbonyl (C=O) groups is 1. The maximum Gasteiger partial charge on any atom is 0.262 e. The van der Waals surface area contributed by atoms with E-state index in [9.17, 15) is 4.79 Å². The number of aromatic amines is 1. The summed E-state index contributed by atoms with van der Waals surface area (Å²) in [6, 6.07) is 14.8. The van der Waals surface area contributed by atoms with Crippen molar-refractivity contribution in [3.8, 4) is 5.75 Å². The highest BCUT2D eigenvalue weighted by Crippen LogP contribution is 2.24. The number of nitrogens with zero attached hydrogens (tertiary/aromatic N) is 2. The Balaban J connectivity index is 1.71. The first-order valence-corrected chi connectivity index (χ1v) is 9.15. The molecule has 0 unspecified atom stereocenters. The zero-order valence-corrected chi connectivity index (χ0v) is 16.6. The Labute approximate surface area is 165 Å². The second kappa shape index (κ2) is 8.64. The van der Waals surface area contributed by atoms with Gasteiger partial charge in [-0.25, -0.2) is 0 Å². The molecule has 1 amide bonds. The Morgan fingerprint density at radius 1 is 1.26 bits per heavy atom. The van der Waals surface area contributed by atoms with Crippen LogP contribution in [0.3, 0.4) is 0 Å². The van der Waals surface area contributed by atoms with Crippen LogP contribution in [0.4, 0.5) is 11.4 Å². The highest BCUT2D eigenvalue weighted by Gasteiger charge is 2.09. The fourth-order valence-corrected chi connectivity index (χ4v) is 2.86. The summed E-state index contributed by atoms with van der Waals surface area (Å²) < 4.78 is 6.60. The molecular formula is C20H19BrN4O2. The smallest absolute Gasteiger partial charge is 0.262 e. The first-order chi connectivity index (χ1) is 13.0. The third kappa shape index (κ3) is 5.04. The molecule has 1 heterocycles. The predicted molar refractivity (Wildman–Crippen MR) is 110 cm³/mol. The number of aryl methyl sites for hydroxylation is 2. The number of anilines is 1. The Morgan fingerprint density at radius 2 is 2.04 bits per heavy atom. The lowest BCUT2D eigenvalue weighted by atomic mass is 10.2. The van der Waals surface area contributed by atoms with Crippen LogP contribution in [0.25, 0.3) is 0 Å². The standard InChI is InChI=1S/C20H19BrN4O2/c1-13-20(14(2)25-24-13)22-11-15-10-16(21)8-9-18(15)27-12-19(26)23-17-6-4-3-5-7-17/h3-11H,12H2,1-2H3,(H,23,26)(H,24,25). The van der Waals surface area contributed by atoms with Gasteiger partial charge in [-0.2, -0.15) is 5.10 Å². The molecule has 0 aliphatic heterocycles. The van der Waals surface area contributed by atoms with Crippen molar-refractivity contribution >= 4 is 39.4 Å². The van der Waals surface area contributed by atoms with Gasteiger partial charge in [0.25, 0.3) is 5.91 Å². The van der Waals surface area contributed by atoms with Gasteiger partial charge in [-0.15, -0.1) is 0 Å². The zero-order valence-electron chi connectivity index (χ0n) is 15.0. The van der Waals surface area contributed by atoms with Crippen molar-refractivity contribution in [2.75, 3.05) is 11.9 Å². The summed E-state index contributed by atoms with van der Waals surface area (Å²) in [6.45, 7) is 3.71. The molecule has 0 fully saturated rings. The summed E-state index contributed by atoms with van der Waals surface area (Å²) in [7, 11) is 0. The van der Waals surface area contributed by atoms with Crippen LogP contribution < -0.4 is 10.1 Å². The van der Waals surface area contributed by atoms with Crippen LogP contribution in [0.2, 0.25) is 0 Å². The van der Waals surface area contributed by atoms with Crippen LogP contribution in [0.15, 0.2) is 58.0 Å². The molecule has 3 rings (SSSR count). The molecule has 2 aromatic carbocycles. The molecule has 0 saturated carbocycles. The lowest BCUT2D eigenvalue weighted by Crippen LogP contribution is -2.20. The molecule has 0 radical (unpaired) electrons. The second-order valence-electron chi connectivity index (χ2n) is 5.93. The second-order valence-corrected chi connectivity index (χ2v) is 6.84. The largest absolute Gasteiger partial charge is 0.483 e. The van der Waals surface area contributed by atoms with Gasteiger partial charge in [0.15, 0.2) is 6.61 Å². The number of aliphatic imine (C=N–C) groups is 1. The lowest BCUT2D eigenvalue weighted by Gasteiger charge is -2.10. The van der Waals surface area contributed by atoms with Crippen molar-refractivity contribution in [1.29, 1.82) is 0 Å². The monoisotopic (exact) mass is 426 g/mol. The molecule has 0 aliphatic carbocycles. The summed E-state index contributed by atoms with van der Waals surface area (Å²) in [5.74, 6) is 0.345. The van der Waals surface area contributed by atoms with Gasteiger partial charge in [-0.1, -0.05) is 34.1 Å². The third-order valence-electron chi connectivity index (χ3n) is 3.81. The summed E-state index contributed by atoms with van der Waals surface area (Å²) >= 11 is 3.45. The van der Waals surface area contributed by atoms with Gasteiger partial charge in [0.1, 0.15) is 11.4 Å². The van der Waals surface area contributed by atoms with E-state index < -0.39 is 0 Å². The zero-order chi connectivity index (χ0) is 19.2. The van der Waals surface area contributed by atoms with Crippen LogP contribution in [0.5, 0.6) is 5.75 Å². The maximum atomic E-state index is 12.1. The molecule has 138 valence electrons. The van der Waals surface area contributed by atoms with E-state index in [1.807, 2.05) is 56.3 Å². The number of H-pyrrole nitrogens is 1. The molecule has 0 spiro atoms. The normalized spacial score (nSPS) is 10.9. The van der Waals surface area contributed by atoms with Gasteiger partial charge >= 0.3 is 0 Å². The molecule has 1 aromatic heterocycles. The van der Waals surface area contributed by atoms with Gasteiger partial charge in [0, 0.05) is 21.9 Å². The van der Waals surface area contributed by atoms with Crippen LogP contribution in [0, 0.1) is 13.8 Å². The van der Waals surface area contributed by atoms with Crippen molar-refractivity contribution < 1.29 is 9.53 Å². The molecule has 0 atom stereocenters. The average Bonchev–Trinajstić information content (AvgIpc) is 2.98. The van der Waals surface area contributed by atoms with Crippen molar-refractivity contribution in [2.45, 2.75) is 13.8 Å². The first kappa shape index (κ1) is 18.8. The van der Waals surface area contributed by atoms with Crippen molar-refractivity contribution in [2.24, 2.45) is 4.99 Å². The van der Waals surface area contributed by atoms with E-state index >= 15 is 0 Å². The minimum atomic E-state index is -0.228. The van der Waals surface area contributed by atoms with Crippen molar-refractivity contribution in [3.05, 3.63) is 70.0 Å². The van der Waals surface area contributed by atoms with E-state index in [0.29, 0.717) is 5.75 Å². The van der Waals surface area contributed by atoms with Gasteiger partial charge in [0.2, 0.25) is 0 Å². The number of carbonyl (C=O) groups excluding carboxylic acids is 1. The summed E-state index contributed by atoms with van der Waals surface area (Å²) in [6.07, 6.45) is 1.71. The van der Waals surface area contributed by atoms with Gasteiger partial charge < -0.3 is 10.1 Å². The van der Waals surface area contributed by atoms with Crippen LogP contribution in [-0.2, 0) is 4.79 Å². The SMILES string of the molecule is Cc1n[nH]c(C)c1N=Cc1cc(Br)ccc1OCC(=O)Nc1ccccc1. The van der Waals surface area contributed by atoms with E-state index in [-0.39, 0.29) is 12.5 Å². The lowest BCUT2D eigenvalue weighted by molar-refractivity contribution is -0.118. The predicted octanol–water partition coefficient (Wildman–Crippen LogP) is 4.56. The summed E-state index contributed by atoms with van der Waals surface area (Å²) in [5, 5.41) is 9.83. The molecule has 27 heavy (non-hydrogen) atoms. The van der Waals surface area contributed by atoms with E-state index in [1.165, 1.54) is 0 Å². The minimum absolute atomic E-state index is 0.0961. The fourth-order valence-electron chi connectivity index (χ4n) is 2.48. The Kier molecular flexibility index (Phi) is 6.03. The topological polar surface area (TPSA) is 79.4 Å². The molecule has 6 nitrogen and oxygen atoms in total. The quantitative estimate of drug-likeness (QED) is 0.567. The summed E-state index contributed by atoms with van der Waals surface area (Å²) in [5.41, 5.74) is 4.00. The fraction of sp³-hybridized carbons (Fsp3) is 0.150. The number of halogens is 1. The molecule has 7 heteroatoms. The van der Waals surface area contributed by atoms with Crippen molar-refractivity contribution in [3.63, 3.8) is 0 Å². The van der Waals surface area contributed by atoms with Crippen LogP contribution in [0.1, 0.15) is 17.0 Å². The Bertz CT molecular complexity index is 948. The molecule has 2 N–H and O–H groups in total. The number of amides is 1. The van der Waals surface area contributed by atoms with E-state index in [1.54, 1.807) is 12.3 Å². The number of nitrogens with one attached hydrogen (secondary N) is 2. The van der Waals surface area contributed by atoms with E-state index in [0.717, 1.165) is 32.8 Å². The average molecular weight is 427 g/mol. The molecule has 0 saturated heterocycles. The number of hydrogen-bond acceptors (Lipinski definition) is 4. The third-order valence-corrected chi connectivity index (χ3v) is 4.30. The van der Waals surface area contributed by atoms with E-state index in [2.05, 4.69) is 36.4 Å². The maximum absolute atomic E-state index is 12.1. The molecular weight excluding hydrogens is 408 g/mol. The molecule has 0 bridgehead atoms. The van der Waals surface area contributed by atoms with Crippen LogP contribution >= 0.6 is 15.9 Å². The summed E-state index contributed by atoms with van der Waals surface area (Å²) in [4.78, 5) is 16.6. The number of benzene rings is 2. The van der Waals surface area contributed by atoms with Gasteiger partial charge in [-0.3, -0.25) is 14.9 Å². The van der Waals surface area contributed by atoms with E-state index in [4.69, 9.17) is 4.74 Å². The Hall–Kier alpha value is -2.93.